The number of benzene rings is 3. The van der Waals surface area contributed by atoms with Crippen molar-refractivity contribution < 1.29 is 4.74 Å². The summed E-state index contributed by atoms with van der Waals surface area (Å²) in [5.74, 6) is 0.729. The molecule has 4 nitrogen and oxygen atoms in total. The Morgan fingerprint density at radius 2 is 1.88 bits per heavy atom. The number of hydrogen-bond acceptors (Lipinski definition) is 3. The van der Waals surface area contributed by atoms with Crippen molar-refractivity contribution in [3.8, 4) is 5.75 Å². The lowest BCUT2D eigenvalue weighted by Crippen LogP contribution is -2.24. The van der Waals surface area contributed by atoms with Crippen molar-refractivity contribution in [1.29, 1.82) is 0 Å². The molecule has 0 unspecified atom stereocenters. The van der Waals surface area contributed by atoms with E-state index in [0.717, 1.165) is 28.0 Å². The van der Waals surface area contributed by atoms with Gasteiger partial charge in [-0.05, 0) is 47.6 Å². The number of nitrogens with one attached hydrogen (secondary N) is 2. The number of thiocarbonyl (C=S) groups is 1. The predicted octanol–water partition coefficient (Wildman–Crippen LogP) is 4.48. The highest BCUT2D eigenvalue weighted by molar-refractivity contribution is 7.80. The summed E-state index contributed by atoms with van der Waals surface area (Å²) in [6.45, 7) is 2.01. The second kappa shape index (κ2) is 7.77. The number of ether oxygens (including phenoxy) is 1. The molecule has 2 N–H and O–H groups in total. The van der Waals surface area contributed by atoms with E-state index in [0.29, 0.717) is 5.11 Å². The number of aryl methyl sites for hydroxylation is 1. The van der Waals surface area contributed by atoms with Gasteiger partial charge in [0.1, 0.15) is 5.75 Å². The topological polar surface area (TPSA) is 45.6 Å². The summed E-state index contributed by atoms with van der Waals surface area (Å²) in [5, 5.41) is 10.1. The van der Waals surface area contributed by atoms with E-state index in [-0.39, 0.29) is 0 Å². The van der Waals surface area contributed by atoms with Crippen LogP contribution in [0.25, 0.3) is 10.8 Å². The molecule has 0 atom stereocenters. The van der Waals surface area contributed by atoms with Crippen molar-refractivity contribution in [3.63, 3.8) is 0 Å². The molecule has 3 aromatic rings. The molecule has 3 aromatic carbocycles. The van der Waals surface area contributed by atoms with Gasteiger partial charge in [0.15, 0.2) is 5.11 Å². The maximum atomic E-state index is 5.33. The Morgan fingerprint density at radius 3 is 2.72 bits per heavy atom. The Hall–Kier alpha value is -2.92. The molecule has 0 spiro atoms. The van der Waals surface area contributed by atoms with Gasteiger partial charge in [0.2, 0.25) is 0 Å². The highest BCUT2D eigenvalue weighted by Gasteiger charge is 2.04. The molecule has 5 heteroatoms. The highest BCUT2D eigenvalue weighted by Crippen LogP contribution is 2.25. The van der Waals surface area contributed by atoms with E-state index in [2.05, 4.69) is 34.0 Å². The number of fused-ring (bicyclic) bond motifs is 1. The maximum absolute atomic E-state index is 5.33. The predicted molar refractivity (Wildman–Crippen MR) is 109 cm³/mol. The molecule has 126 valence electrons. The molecule has 0 heterocycles. The number of hydrazone groups is 1. The molecule has 0 aliphatic rings. The lowest BCUT2D eigenvalue weighted by atomic mass is 10.1. The lowest BCUT2D eigenvalue weighted by Gasteiger charge is -2.12. The van der Waals surface area contributed by atoms with Crippen LogP contribution in [0, 0.1) is 6.92 Å². The van der Waals surface area contributed by atoms with Crippen LogP contribution in [0.15, 0.2) is 65.8 Å². The van der Waals surface area contributed by atoms with Crippen LogP contribution in [0.5, 0.6) is 5.75 Å². The fourth-order valence-corrected chi connectivity index (χ4v) is 2.76. The fraction of sp³-hybridized carbons (Fsp3) is 0.100. The molecule has 0 radical (unpaired) electrons. The number of methoxy groups -OCH3 is 1. The molecular formula is C20H19N3OS. The summed E-state index contributed by atoms with van der Waals surface area (Å²) in [7, 11) is 1.63. The first-order valence-electron chi connectivity index (χ1n) is 7.90. The molecule has 0 saturated carbocycles. The molecular weight excluding hydrogens is 330 g/mol. The van der Waals surface area contributed by atoms with E-state index >= 15 is 0 Å². The number of rotatable bonds is 4. The van der Waals surface area contributed by atoms with Crippen LogP contribution >= 0.6 is 12.2 Å². The third-order valence-electron chi connectivity index (χ3n) is 3.80. The summed E-state index contributed by atoms with van der Waals surface area (Å²) >= 11 is 5.31. The first kappa shape index (κ1) is 16.9. The van der Waals surface area contributed by atoms with Crippen molar-refractivity contribution in [2.45, 2.75) is 6.92 Å². The molecule has 25 heavy (non-hydrogen) atoms. The Morgan fingerprint density at radius 1 is 1.08 bits per heavy atom. The van der Waals surface area contributed by atoms with Crippen molar-refractivity contribution in [2.75, 3.05) is 12.4 Å². The van der Waals surface area contributed by atoms with Gasteiger partial charge in [-0.1, -0.05) is 48.5 Å². The molecule has 3 rings (SSSR count). The van der Waals surface area contributed by atoms with Crippen LogP contribution in [-0.2, 0) is 0 Å². The molecule has 0 aliphatic carbocycles. The minimum Gasteiger partial charge on any atom is -0.495 e. The summed E-state index contributed by atoms with van der Waals surface area (Å²) in [6, 6.07) is 20.2. The molecule has 0 aromatic heterocycles. The minimum atomic E-state index is 0.403. The summed E-state index contributed by atoms with van der Waals surface area (Å²) in [5.41, 5.74) is 5.80. The smallest absolute Gasteiger partial charge is 0.191 e. The zero-order valence-corrected chi connectivity index (χ0v) is 14.9. The SMILES string of the molecule is COc1ccc(C)cc1NC(=S)NN=Cc1cccc2ccccc12. The summed E-state index contributed by atoms with van der Waals surface area (Å²) in [6.07, 6.45) is 1.77. The summed E-state index contributed by atoms with van der Waals surface area (Å²) in [4.78, 5) is 0. The normalized spacial score (nSPS) is 10.8. The van der Waals surface area contributed by atoms with E-state index in [1.165, 1.54) is 5.39 Å². The van der Waals surface area contributed by atoms with Gasteiger partial charge < -0.3 is 10.1 Å². The van der Waals surface area contributed by atoms with Crippen LogP contribution < -0.4 is 15.5 Å². The number of nitrogens with zero attached hydrogens (tertiary/aromatic N) is 1. The van der Waals surface area contributed by atoms with Crippen LogP contribution in [0.3, 0.4) is 0 Å². The minimum absolute atomic E-state index is 0.403. The van der Waals surface area contributed by atoms with E-state index < -0.39 is 0 Å². The standard InChI is InChI=1S/C20H19N3OS/c1-14-10-11-19(24-2)18(12-14)22-20(25)23-21-13-16-8-5-7-15-6-3-4-9-17(15)16/h3-13H,1-2H3,(H2,22,23,25). The van der Waals surface area contributed by atoms with Crippen LogP contribution in [0.2, 0.25) is 0 Å². The molecule has 0 saturated heterocycles. The molecule has 0 fully saturated rings. The second-order valence-electron chi connectivity index (χ2n) is 5.60. The fourth-order valence-electron chi connectivity index (χ4n) is 2.59. The Kier molecular flexibility index (Phi) is 5.26. The van der Waals surface area contributed by atoms with Crippen molar-refractivity contribution in [1.82, 2.24) is 5.43 Å². The van der Waals surface area contributed by atoms with Crippen LogP contribution in [0.4, 0.5) is 5.69 Å². The third-order valence-corrected chi connectivity index (χ3v) is 3.99. The quantitative estimate of drug-likeness (QED) is 0.414. The largest absolute Gasteiger partial charge is 0.495 e. The van der Waals surface area contributed by atoms with Gasteiger partial charge in [-0.2, -0.15) is 5.10 Å². The first-order valence-corrected chi connectivity index (χ1v) is 8.30. The highest BCUT2D eigenvalue weighted by atomic mass is 32.1. The van der Waals surface area contributed by atoms with Gasteiger partial charge in [0.25, 0.3) is 0 Å². The van der Waals surface area contributed by atoms with Gasteiger partial charge >= 0.3 is 0 Å². The number of hydrogen-bond donors (Lipinski definition) is 2. The van der Waals surface area contributed by atoms with Crippen LogP contribution in [-0.4, -0.2) is 18.4 Å². The molecule has 0 amide bonds. The van der Waals surface area contributed by atoms with Gasteiger partial charge in [0.05, 0.1) is 19.0 Å². The summed E-state index contributed by atoms with van der Waals surface area (Å²) < 4.78 is 5.33. The Labute approximate surface area is 152 Å². The van der Waals surface area contributed by atoms with E-state index in [1.807, 2.05) is 49.4 Å². The monoisotopic (exact) mass is 349 g/mol. The van der Waals surface area contributed by atoms with Gasteiger partial charge in [-0.25, -0.2) is 0 Å². The first-order chi connectivity index (χ1) is 12.2. The van der Waals surface area contributed by atoms with E-state index in [4.69, 9.17) is 17.0 Å². The van der Waals surface area contributed by atoms with Crippen molar-refractivity contribution in [3.05, 3.63) is 71.8 Å². The molecule has 0 bridgehead atoms. The van der Waals surface area contributed by atoms with Gasteiger partial charge in [-0.3, -0.25) is 5.43 Å². The van der Waals surface area contributed by atoms with E-state index in [1.54, 1.807) is 13.3 Å². The Balaban J connectivity index is 1.70. The average molecular weight is 349 g/mol. The Bertz CT molecular complexity index is 932. The lowest BCUT2D eigenvalue weighted by molar-refractivity contribution is 0.417. The van der Waals surface area contributed by atoms with Gasteiger partial charge in [0, 0.05) is 5.56 Å². The third kappa shape index (κ3) is 4.14. The van der Waals surface area contributed by atoms with Crippen molar-refractivity contribution in [2.24, 2.45) is 5.10 Å². The van der Waals surface area contributed by atoms with Crippen LogP contribution in [0.1, 0.15) is 11.1 Å². The zero-order valence-electron chi connectivity index (χ0n) is 14.1. The maximum Gasteiger partial charge on any atom is 0.191 e. The number of anilines is 1. The van der Waals surface area contributed by atoms with E-state index in [9.17, 15) is 0 Å². The second-order valence-corrected chi connectivity index (χ2v) is 6.00. The zero-order chi connectivity index (χ0) is 17.6. The van der Waals surface area contributed by atoms with Gasteiger partial charge in [-0.15, -0.1) is 0 Å². The average Bonchev–Trinajstić information content (AvgIpc) is 2.62. The molecule has 0 aliphatic heterocycles. The van der Waals surface area contributed by atoms with Crippen molar-refractivity contribution >= 4 is 40.0 Å².